The van der Waals surface area contributed by atoms with Crippen LogP contribution in [0.2, 0.25) is 0 Å². The van der Waals surface area contributed by atoms with E-state index in [2.05, 4.69) is 30.2 Å². The number of hydrogen-bond acceptors (Lipinski definition) is 3. The van der Waals surface area contributed by atoms with E-state index in [9.17, 15) is 8.42 Å². The summed E-state index contributed by atoms with van der Waals surface area (Å²) in [6.07, 6.45) is 0.745. The Kier molecular flexibility index (Phi) is 5.70. The van der Waals surface area contributed by atoms with Crippen LogP contribution in [0.25, 0.3) is 0 Å². The number of sulfonamides is 1. The minimum Gasteiger partial charge on any atom is -0.370 e. The predicted octanol–water partition coefficient (Wildman–Crippen LogP) is 2.93. The molecular formula is C20H26N4O2S. The van der Waals surface area contributed by atoms with Gasteiger partial charge in [-0.05, 0) is 41.7 Å². The van der Waals surface area contributed by atoms with Crippen LogP contribution in [0.4, 0.5) is 11.4 Å². The summed E-state index contributed by atoms with van der Waals surface area (Å²) in [6, 6.07) is 15.6. The second-order valence-electron chi connectivity index (χ2n) is 6.94. The average Bonchev–Trinajstić information content (AvgIpc) is 3.06. The molecule has 6 nitrogen and oxygen atoms in total. The highest BCUT2D eigenvalue weighted by atomic mass is 32.2. The topological polar surface area (TPSA) is 87.8 Å². The monoisotopic (exact) mass is 386 g/mol. The highest BCUT2D eigenvalue weighted by Gasteiger charge is 2.28. The first-order chi connectivity index (χ1) is 12.9. The highest BCUT2D eigenvalue weighted by Crippen LogP contribution is 2.29. The Morgan fingerprint density at radius 2 is 2.00 bits per heavy atom. The van der Waals surface area contributed by atoms with Crippen LogP contribution in [0.5, 0.6) is 0 Å². The Balaban J connectivity index is 1.60. The van der Waals surface area contributed by atoms with Crippen molar-refractivity contribution in [1.29, 1.82) is 0 Å². The first-order valence-electron chi connectivity index (χ1n) is 9.12. The Morgan fingerprint density at radius 3 is 2.78 bits per heavy atom. The van der Waals surface area contributed by atoms with E-state index in [-0.39, 0.29) is 18.3 Å². The van der Waals surface area contributed by atoms with Crippen LogP contribution in [0.15, 0.2) is 53.5 Å². The summed E-state index contributed by atoms with van der Waals surface area (Å²) in [6.45, 7) is 4.85. The van der Waals surface area contributed by atoms with Crippen LogP contribution in [0.3, 0.4) is 0 Å². The lowest BCUT2D eigenvalue weighted by atomic mass is 10.0. The van der Waals surface area contributed by atoms with E-state index in [4.69, 9.17) is 5.73 Å². The van der Waals surface area contributed by atoms with Gasteiger partial charge in [0.1, 0.15) is 0 Å². The van der Waals surface area contributed by atoms with Gasteiger partial charge in [0.05, 0.1) is 18.0 Å². The predicted molar refractivity (Wildman–Crippen MR) is 112 cm³/mol. The fraction of sp³-hybridized carbons (Fsp3) is 0.350. The zero-order valence-corrected chi connectivity index (χ0v) is 16.5. The van der Waals surface area contributed by atoms with Crippen LogP contribution in [-0.2, 0) is 16.4 Å². The van der Waals surface area contributed by atoms with E-state index in [1.54, 1.807) is 0 Å². The maximum Gasteiger partial charge on any atom is 0.237 e. The molecule has 0 fully saturated rings. The smallest absolute Gasteiger partial charge is 0.237 e. The minimum atomic E-state index is -3.42. The number of nitrogens with one attached hydrogen (secondary N) is 1. The number of para-hydroxylation sites is 1. The van der Waals surface area contributed by atoms with Crippen molar-refractivity contribution < 1.29 is 8.42 Å². The number of rotatable bonds is 6. The van der Waals surface area contributed by atoms with Gasteiger partial charge < -0.3 is 11.1 Å². The fourth-order valence-electron chi connectivity index (χ4n) is 3.15. The SMILES string of the molecule is CC(C)c1cccc(NC(N)=NCCS(=O)(=O)N2CCc3ccccc32)c1. The molecule has 3 rings (SSSR count). The van der Waals surface area contributed by atoms with Crippen molar-refractivity contribution in [3.05, 3.63) is 59.7 Å². The lowest BCUT2D eigenvalue weighted by molar-refractivity contribution is 0.592. The number of nitrogens with zero attached hydrogens (tertiary/aromatic N) is 2. The molecule has 0 spiro atoms. The molecule has 0 amide bonds. The number of anilines is 2. The molecule has 0 saturated carbocycles. The lowest BCUT2D eigenvalue weighted by Crippen LogP contribution is -2.33. The Morgan fingerprint density at radius 1 is 1.22 bits per heavy atom. The third-order valence-electron chi connectivity index (χ3n) is 4.64. The van der Waals surface area contributed by atoms with E-state index < -0.39 is 10.0 Å². The summed E-state index contributed by atoms with van der Waals surface area (Å²) in [7, 11) is -3.42. The first-order valence-corrected chi connectivity index (χ1v) is 10.7. The third kappa shape index (κ3) is 4.60. The number of guanidine groups is 1. The molecule has 0 radical (unpaired) electrons. The van der Waals surface area contributed by atoms with Gasteiger partial charge in [0.15, 0.2) is 5.96 Å². The van der Waals surface area contributed by atoms with E-state index in [0.717, 1.165) is 23.4 Å². The largest absolute Gasteiger partial charge is 0.370 e. The minimum absolute atomic E-state index is 0.0737. The van der Waals surface area contributed by atoms with Crippen molar-refractivity contribution in [2.24, 2.45) is 10.7 Å². The van der Waals surface area contributed by atoms with Crippen LogP contribution in [0, 0.1) is 0 Å². The van der Waals surface area contributed by atoms with Gasteiger partial charge in [0.2, 0.25) is 10.0 Å². The number of hydrogen-bond donors (Lipinski definition) is 2. The number of fused-ring (bicyclic) bond motifs is 1. The normalized spacial score (nSPS) is 14.5. The van der Waals surface area contributed by atoms with Crippen LogP contribution < -0.4 is 15.4 Å². The van der Waals surface area contributed by atoms with E-state index in [1.807, 2.05) is 42.5 Å². The van der Waals surface area contributed by atoms with E-state index >= 15 is 0 Å². The molecule has 1 aliphatic rings. The van der Waals surface area contributed by atoms with Crippen LogP contribution in [0.1, 0.15) is 30.9 Å². The standard InChI is InChI=1S/C20H26N4O2S/c1-15(2)17-7-5-8-18(14-17)23-20(21)22-11-13-27(25,26)24-12-10-16-6-3-4-9-19(16)24/h3-9,14-15H,10-13H2,1-2H3,(H3,21,22,23). The maximum atomic E-state index is 12.7. The van der Waals surface area contributed by atoms with Gasteiger partial charge in [-0.1, -0.05) is 44.2 Å². The Hall–Kier alpha value is -2.54. The van der Waals surface area contributed by atoms with Crippen LogP contribution in [-0.4, -0.2) is 33.2 Å². The molecule has 0 aromatic heterocycles. The molecule has 0 unspecified atom stereocenters. The highest BCUT2D eigenvalue weighted by molar-refractivity contribution is 7.92. The Bertz CT molecular complexity index is 939. The molecule has 1 heterocycles. The van der Waals surface area contributed by atoms with Gasteiger partial charge >= 0.3 is 0 Å². The quantitative estimate of drug-likeness (QED) is 0.590. The van der Waals surface area contributed by atoms with Gasteiger partial charge in [0, 0.05) is 12.2 Å². The maximum absolute atomic E-state index is 12.7. The molecule has 3 N–H and O–H groups in total. The van der Waals surface area contributed by atoms with Crippen molar-refractivity contribution in [3.63, 3.8) is 0 Å². The van der Waals surface area contributed by atoms with Gasteiger partial charge in [-0.25, -0.2) is 8.42 Å². The Labute approximate surface area is 161 Å². The molecule has 1 aliphatic heterocycles. The summed E-state index contributed by atoms with van der Waals surface area (Å²) in [5.74, 6) is 0.557. The molecule has 27 heavy (non-hydrogen) atoms. The van der Waals surface area contributed by atoms with Crippen molar-refractivity contribution >= 4 is 27.4 Å². The molecule has 2 aromatic rings. The second-order valence-corrected chi connectivity index (χ2v) is 8.95. The number of nitrogens with two attached hydrogens (primary N) is 1. The zero-order chi connectivity index (χ0) is 19.4. The van der Waals surface area contributed by atoms with Crippen LogP contribution >= 0.6 is 0 Å². The van der Waals surface area contributed by atoms with Gasteiger partial charge in [-0.15, -0.1) is 0 Å². The van der Waals surface area contributed by atoms with Gasteiger partial charge in [-0.2, -0.15) is 0 Å². The lowest BCUT2D eigenvalue weighted by Gasteiger charge is -2.19. The number of aliphatic imine (C=N–C) groups is 1. The van der Waals surface area contributed by atoms with Gasteiger partial charge in [-0.3, -0.25) is 9.30 Å². The summed E-state index contributed by atoms with van der Waals surface area (Å²) >= 11 is 0. The molecule has 0 bridgehead atoms. The van der Waals surface area contributed by atoms with E-state index in [0.29, 0.717) is 12.5 Å². The van der Waals surface area contributed by atoms with E-state index in [1.165, 1.54) is 9.87 Å². The summed E-state index contributed by atoms with van der Waals surface area (Å²) in [5, 5.41) is 3.03. The van der Waals surface area contributed by atoms with Crippen molar-refractivity contribution in [2.45, 2.75) is 26.2 Å². The average molecular weight is 387 g/mol. The summed E-state index contributed by atoms with van der Waals surface area (Å²) in [4.78, 5) is 4.18. The summed E-state index contributed by atoms with van der Waals surface area (Å²) in [5.41, 5.74) is 9.81. The molecule has 7 heteroatoms. The third-order valence-corrected chi connectivity index (χ3v) is 6.39. The second kappa shape index (κ2) is 8.00. The molecule has 2 aromatic carbocycles. The van der Waals surface area contributed by atoms with Crippen molar-refractivity contribution in [2.75, 3.05) is 28.5 Å². The molecule has 144 valence electrons. The molecular weight excluding hydrogens is 360 g/mol. The molecule has 0 aliphatic carbocycles. The first kappa shape index (κ1) is 19.2. The molecule has 0 saturated heterocycles. The van der Waals surface area contributed by atoms with Gasteiger partial charge in [0.25, 0.3) is 0 Å². The number of benzene rings is 2. The zero-order valence-electron chi connectivity index (χ0n) is 15.7. The summed E-state index contributed by atoms with van der Waals surface area (Å²) < 4.78 is 26.8. The fourth-order valence-corrected chi connectivity index (χ4v) is 4.54. The molecule has 0 atom stereocenters. The van der Waals surface area contributed by atoms with Crippen molar-refractivity contribution in [1.82, 2.24) is 0 Å². The van der Waals surface area contributed by atoms with Crippen molar-refractivity contribution in [3.8, 4) is 0 Å².